The number of methoxy groups -OCH3 is 1. The third-order valence-corrected chi connectivity index (χ3v) is 6.86. The van der Waals surface area contributed by atoms with E-state index in [9.17, 15) is 9.65 Å². The maximum absolute atomic E-state index is 13.4. The van der Waals surface area contributed by atoms with Gasteiger partial charge in [0, 0.05) is 11.1 Å². The Hall–Kier alpha value is -3.39. The van der Waals surface area contributed by atoms with Crippen molar-refractivity contribution < 1.29 is 13.9 Å². The van der Waals surface area contributed by atoms with Crippen LogP contribution in [0.2, 0.25) is 0 Å². The second kappa shape index (κ2) is 16.5. The van der Waals surface area contributed by atoms with E-state index in [4.69, 9.17) is 9.47 Å². The van der Waals surface area contributed by atoms with E-state index in [2.05, 4.69) is 18.0 Å². The Morgan fingerprint density at radius 1 is 0.763 bits per heavy atom. The number of hydrogen-bond donors (Lipinski definition) is 0. The fourth-order valence-corrected chi connectivity index (χ4v) is 4.64. The van der Waals surface area contributed by atoms with Gasteiger partial charge in [-0.15, -0.1) is 0 Å². The Labute approximate surface area is 227 Å². The van der Waals surface area contributed by atoms with Gasteiger partial charge in [-0.3, -0.25) is 0 Å². The minimum atomic E-state index is -0.326. The zero-order chi connectivity index (χ0) is 27.0. The van der Waals surface area contributed by atoms with Gasteiger partial charge in [0.25, 0.3) is 0 Å². The van der Waals surface area contributed by atoms with E-state index in [1.165, 1.54) is 89.9 Å². The van der Waals surface area contributed by atoms with Gasteiger partial charge in [0.1, 0.15) is 23.2 Å². The number of benzene rings is 2. The molecule has 3 aromatic rings. The van der Waals surface area contributed by atoms with Gasteiger partial charge in [-0.05, 0) is 54.4 Å². The molecule has 1 aromatic heterocycles. The summed E-state index contributed by atoms with van der Waals surface area (Å²) in [5.41, 5.74) is 3.26. The van der Waals surface area contributed by atoms with Crippen molar-refractivity contribution in [2.75, 3.05) is 13.7 Å². The molecule has 4 nitrogen and oxygen atoms in total. The van der Waals surface area contributed by atoms with Crippen molar-refractivity contribution >= 4 is 0 Å². The first-order valence-electron chi connectivity index (χ1n) is 14.1. The molecule has 0 unspecified atom stereocenters. The van der Waals surface area contributed by atoms with E-state index in [1.807, 2.05) is 30.3 Å². The molecular weight excluding hydrogens is 475 g/mol. The molecule has 202 valence electrons. The number of unbranched alkanes of at least 4 members (excludes halogenated alkanes) is 11. The van der Waals surface area contributed by atoms with E-state index in [0.29, 0.717) is 23.4 Å². The molecule has 0 N–H and O–H groups in total. The van der Waals surface area contributed by atoms with E-state index in [1.54, 1.807) is 12.1 Å². The van der Waals surface area contributed by atoms with Crippen LogP contribution >= 0.6 is 0 Å². The van der Waals surface area contributed by atoms with Crippen molar-refractivity contribution in [2.24, 2.45) is 0 Å². The first-order valence-corrected chi connectivity index (χ1v) is 14.1. The maximum atomic E-state index is 13.4. The Morgan fingerprint density at radius 2 is 1.32 bits per heavy atom. The SMILES string of the molecule is CCCCCCCCCCCCCCOc1ccc(-c2cc(-c3ccc(F)cc3)c(C#N)c(OC)n2)cc1. The maximum Gasteiger partial charge on any atom is 0.232 e. The molecule has 2 aromatic carbocycles. The van der Waals surface area contributed by atoms with Crippen LogP contribution in [0, 0.1) is 17.1 Å². The summed E-state index contributed by atoms with van der Waals surface area (Å²) < 4.78 is 24.8. The van der Waals surface area contributed by atoms with Gasteiger partial charge in [-0.2, -0.15) is 5.26 Å². The van der Waals surface area contributed by atoms with Gasteiger partial charge in [0.2, 0.25) is 5.88 Å². The summed E-state index contributed by atoms with van der Waals surface area (Å²) in [7, 11) is 1.49. The quantitative estimate of drug-likeness (QED) is 0.168. The molecule has 0 saturated carbocycles. The number of hydrogen-bond acceptors (Lipinski definition) is 4. The summed E-state index contributed by atoms with van der Waals surface area (Å²) in [4.78, 5) is 4.55. The van der Waals surface area contributed by atoms with Crippen LogP contribution in [0.15, 0.2) is 54.6 Å². The lowest BCUT2D eigenvalue weighted by Gasteiger charge is -2.12. The van der Waals surface area contributed by atoms with Crippen LogP contribution < -0.4 is 9.47 Å². The second-order valence-corrected chi connectivity index (χ2v) is 9.82. The van der Waals surface area contributed by atoms with Gasteiger partial charge in [0.15, 0.2) is 0 Å². The van der Waals surface area contributed by atoms with Gasteiger partial charge in [-0.1, -0.05) is 89.7 Å². The summed E-state index contributed by atoms with van der Waals surface area (Å²) >= 11 is 0. The molecule has 0 aliphatic carbocycles. The van der Waals surface area contributed by atoms with Crippen molar-refractivity contribution in [1.29, 1.82) is 5.26 Å². The van der Waals surface area contributed by atoms with E-state index in [0.717, 1.165) is 23.3 Å². The number of pyridine rings is 1. The highest BCUT2D eigenvalue weighted by atomic mass is 19.1. The average molecular weight is 517 g/mol. The third kappa shape index (κ3) is 9.17. The Bertz CT molecular complexity index is 1140. The number of aromatic nitrogens is 1. The minimum Gasteiger partial charge on any atom is -0.494 e. The van der Waals surface area contributed by atoms with Crippen LogP contribution in [0.5, 0.6) is 11.6 Å². The van der Waals surface area contributed by atoms with Crippen LogP contribution in [0.4, 0.5) is 4.39 Å². The highest BCUT2D eigenvalue weighted by molar-refractivity contribution is 5.77. The molecule has 0 saturated heterocycles. The molecule has 38 heavy (non-hydrogen) atoms. The lowest BCUT2D eigenvalue weighted by Crippen LogP contribution is -1.99. The van der Waals surface area contributed by atoms with Crippen molar-refractivity contribution in [2.45, 2.75) is 84.0 Å². The fourth-order valence-electron chi connectivity index (χ4n) is 4.64. The standard InChI is InChI=1S/C33H41FN2O2/c1-3-4-5-6-7-8-9-10-11-12-13-14-23-38-29-21-17-27(18-22-29)32-24-30(26-15-19-28(34)20-16-26)31(25-35)33(36-32)37-2/h15-22,24H,3-14,23H2,1-2H3. The molecule has 0 fully saturated rings. The normalized spacial score (nSPS) is 10.8. The molecule has 0 amide bonds. The summed E-state index contributed by atoms with van der Waals surface area (Å²) in [6, 6.07) is 17.9. The predicted molar refractivity (Wildman–Crippen MR) is 153 cm³/mol. The lowest BCUT2D eigenvalue weighted by molar-refractivity contribution is 0.304. The molecule has 0 spiro atoms. The van der Waals surface area contributed by atoms with Crippen molar-refractivity contribution in [3.8, 4) is 40.1 Å². The summed E-state index contributed by atoms with van der Waals surface area (Å²) in [6.07, 6.45) is 15.9. The molecule has 1 heterocycles. The smallest absolute Gasteiger partial charge is 0.232 e. The predicted octanol–water partition coefficient (Wildman–Crippen LogP) is 9.51. The van der Waals surface area contributed by atoms with Crippen LogP contribution in [0.25, 0.3) is 22.4 Å². The lowest BCUT2D eigenvalue weighted by atomic mass is 9.98. The Kier molecular flexibility index (Phi) is 12.6. The number of nitriles is 1. The first-order chi connectivity index (χ1) is 18.7. The van der Waals surface area contributed by atoms with Crippen molar-refractivity contribution in [3.63, 3.8) is 0 Å². The average Bonchev–Trinajstić information content (AvgIpc) is 2.95. The van der Waals surface area contributed by atoms with E-state index in [-0.39, 0.29) is 11.7 Å². The van der Waals surface area contributed by atoms with E-state index >= 15 is 0 Å². The van der Waals surface area contributed by atoms with Gasteiger partial charge in [0.05, 0.1) is 19.4 Å². The Morgan fingerprint density at radius 3 is 1.87 bits per heavy atom. The van der Waals surface area contributed by atoms with Gasteiger partial charge >= 0.3 is 0 Å². The number of halogens is 1. The van der Waals surface area contributed by atoms with Crippen LogP contribution in [-0.2, 0) is 0 Å². The minimum absolute atomic E-state index is 0.247. The van der Waals surface area contributed by atoms with Crippen LogP contribution in [0.1, 0.15) is 89.5 Å². The van der Waals surface area contributed by atoms with Crippen molar-refractivity contribution in [3.05, 3.63) is 66.0 Å². The largest absolute Gasteiger partial charge is 0.494 e. The van der Waals surface area contributed by atoms with Crippen molar-refractivity contribution in [1.82, 2.24) is 4.98 Å². The van der Waals surface area contributed by atoms with Gasteiger partial charge in [-0.25, -0.2) is 9.37 Å². The molecule has 0 aliphatic heterocycles. The third-order valence-electron chi connectivity index (χ3n) is 6.86. The van der Waals surface area contributed by atoms with E-state index < -0.39 is 0 Å². The first kappa shape index (κ1) is 29.2. The topological polar surface area (TPSA) is 55.1 Å². The molecule has 0 bridgehead atoms. The highest BCUT2D eigenvalue weighted by Crippen LogP contribution is 2.34. The summed E-state index contributed by atoms with van der Waals surface area (Å²) in [5.74, 6) is 0.750. The molecule has 0 atom stereocenters. The molecule has 5 heteroatoms. The summed E-state index contributed by atoms with van der Waals surface area (Å²) in [5, 5.41) is 9.70. The fraction of sp³-hybridized carbons (Fsp3) is 0.455. The van der Waals surface area contributed by atoms with Crippen LogP contribution in [-0.4, -0.2) is 18.7 Å². The Balaban J connectivity index is 1.46. The van der Waals surface area contributed by atoms with Crippen LogP contribution in [0.3, 0.4) is 0 Å². The highest BCUT2D eigenvalue weighted by Gasteiger charge is 2.16. The number of nitrogens with zero attached hydrogens (tertiary/aromatic N) is 2. The monoisotopic (exact) mass is 516 g/mol. The molecule has 3 rings (SSSR count). The second-order valence-electron chi connectivity index (χ2n) is 9.82. The summed E-state index contributed by atoms with van der Waals surface area (Å²) in [6.45, 7) is 2.98. The zero-order valence-electron chi connectivity index (χ0n) is 23.0. The molecule has 0 radical (unpaired) electrons. The van der Waals surface area contributed by atoms with Gasteiger partial charge < -0.3 is 9.47 Å². The zero-order valence-corrected chi connectivity index (χ0v) is 23.0. The molecule has 0 aliphatic rings. The molecular formula is C33H41FN2O2. The number of ether oxygens (including phenoxy) is 2. The number of rotatable bonds is 17.